The van der Waals surface area contributed by atoms with E-state index in [1.54, 1.807) is 25.2 Å². The van der Waals surface area contributed by atoms with Crippen LogP contribution in [0.5, 0.6) is 0 Å². The minimum absolute atomic E-state index is 0.237. The Bertz CT molecular complexity index is 701. The lowest BCUT2D eigenvalue weighted by Crippen LogP contribution is -2.32. The fraction of sp³-hybridized carbons (Fsp3) is 0.278. The van der Waals surface area contributed by atoms with Crippen molar-refractivity contribution in [1.82, 2.24) is 15.2 Å². The molecule has 0 aliphatic rings. The van der Waals surface area contributed by atoms with E-state index >= 15 is 0 Å². The second kappa shape index (κ2) is 8.21. The van der Waals surface area contributed by atoms with Crippen LogP contribution in [-0.4, -0.2) is 55.9 Å². The summed E-state index contributed by atoms with van der Waals surface area (Å²) < 4.78 is 0. The Balaban J connectivity index is 2.09. The highest BCUT2D eigenvalue weighted by molar-refractivity contribution is 6.05. The number of nitrogens with zero attached hydrogens (tertiary/aromatic N) is 3. The summed E-state index contributed by atoms with van der Waals surface area (Å²) >= 11 is 0. The lowest BCUT2D eigenvalue weighted by Gasteiger charge is -2.17. The number of aromatic nitrogens is 1. The number of pyridine rings is 1. The maximum atomic E-state index is 12.5. The Morgan fingerprint density at radius 3 is 2.29 bits per heavy atom. The van der Waals surface area contributed by atoms with Crippen LogP contribution in [-0.2, 0) is 0 Å². The zero-order chi connectivity index (χ0) is 17.5. The van der Waals surface area contributed by atoms with Gasteiger partial charge >= 0.3 is 0 Å². The van der Waals surface area contributed by atoms with Crippen LogP contribution >= 0.6 is 0 Å². The molecule has 0 bridgehead atoms. The maximum absolute atomic E-state index is 12.5. The number of benzene rings is 1. The summed E-state index contributed by atoms with van der Waals surface area (Å²) in [5.74, 6) is -0.544. The number of likely N-dealkylation sites (N-methyl/N-ethyl adjacent to an activating group) is 1. The average Bonchev–Trinajstić information content (AvgIpc) is 2.61. The molecule has 6 heteroatoms. The molecule has 1 N–H and O–H groups in total. The molecule has 126 valence electrons. The quantitative estimate of drug-likeness (QED) is 0.876. The molecule has 1 aromatic heterocycles. The second-order valence-electron chi connectivity index (χ2n) is 5.67. The second-order valence-corrected chi connectivity index (χ2v) is 5.67. The summed E-state index contributed by atoms with van der Waals surface area (Å²) in [6.45, 7) is 1.26. The number of anilines is 1. The number of nitrogens with one attached hydrogen (secondary N) is 1. The summed E-state index contributed by atoms with van der Waals surface area (Å²) in [4.78, 5) is 32.4. The lowest BCUT2D eigenvalue weighted by atomic mass is 10.2. The van der Waals surface area contributed by atoms with Gasteiger partial charge in [0.1, 0.15) is 11.4 Å². The predicted molar refractivity (Wildman–Crippen MR) is 94.3 cm³/mol. The van der Waals surface area contributed by atoms with Crippen molar-refractivity contribution in [2.45, 2.75) is 0 Å². The normalized spacial score (nSPS) is 10.5. The van der Waals surface area contributed by atoms with E-state index in [1.165, 1.54) is 4.90 Å². The Labute approximate surface area is 142 Å². The molecule has 0 atom stereocenters. The molecule has 2 aromatic rings. The van der Waals surface area contributed by atoms with Gasteiger partial charge in [0.15, 0.2) is 0 Å². The van der Waals surface area contributed by atoms with Crippen LogP contribution in [0.2, 0.25) is 0 Å². The Morgan fingerprint density at radius 2 is 1.62 bits per heavy atom. The molecule has 6 nitrogen and oxygen atoms in total. The van der Waals surface area contributed by atoms with E-state index in [0.29, 0.717) is 6.54 Å². The summed E-state index contributed by atoms with van der Waals surface area (Å²) in [5.41, 5.74) is 1.24. The summed E-state index contributed by atoms with van der Waals surface area (Å²) in [7, 11) is 5.55. The van der Waals surface area contributed by atoms with E-state index in [0.717, 1.165) is 12.2 Å². The van der Waals surface area contributed by atoms with Gasteiger partial charge in [-0.1, -0.05) is 24.3 Å². The molecule has 0 radical (unpaired) electrons. The fourth-order valence-corrected chi connectivity index (χ4v) is 2.10. The molecule has 0 fully saturated rings. The standard InChI is InChI=1S/C18H22N4O2/c1-21(2)13-12-19-17(23)15-10-7-11-16(20-15)18(24)22(3)14-8-5-4-6-9-14/h4-11H,12-13H2,1-3H3,(H,19,23). The van der Waals surface area contributed by atoms with Gasteiger partial charge in [-0.3, -0.25) is 9.59 Å². The van der Waals surface area contributed by atoms with Crippen molar-refractivity contribution >= 4 is 17.5 Å². The van der Waals surface area contributed by atoms with Crippen LogP contribution in [0.3, 0.4) is 0 Å². The van der Waals surface area contributed by atoms with Crippen molar-refractivity contribution in [3.05, 3.63) is 59.9 Å². The first-order valence-corrected chi connectivity index (χ1v) is 7.72. The smallest absolute Gasteiger partial charge is 0.276 e. The van der Waals surface area contributed by atoms with Gasteiger partial charge in [0.05, 0.1) is 0 Å². The van der Waals surface area contributed by atoms with Gasteiger partial charge in [-0.05, 0) is 38.4 Å². The van der Waals surface area contributed by atoms with E-state index in [4.69, 9.17) is 0 Å². The first kappa shape index (κ1) is 17.6. The largest absolute Gasteiger partial charge is 0.349 e. The molecule has 0 unspecified atom stereocenters. The van der Waals surface area contributed by atoms with Gasteiger partial charge < -0.3 is 15.1 Å². The fourth-order valence-electron chi connectivity index (χ4n) is 2.10. The first-order valence-electron chi connectivity index (χ1n) is 7.72. The third kappa shape index (κ3) is 4.63. The van der Waals surface area contributed by atoms with Crippen molar-refractivity contribution in [3.63, 3.8) is 0 Å². The van der Waals surface area contributed by atoms with Crippen LogP contribution in [0.4, 0.5) is 5.69 Å². The van der Waals surface area contributed by atoms with Crippen molar-refractivity contribution < 1.29 is 9.59 Å². The molecule has 0 aliphatic heterocycles. The molecule has 1 aromatic carbocycles. The summed E-state index contributed by atoms with van der Waals surface area (Å²) in [6, 6.07) is 14.2. The van der Waals surface area contributed by atoms with E-state index < -0.39 is 0 Å². The van der Waals surface area contributed by atoms with Gasteiger partial charge in [0, 0.05) is 25.8 Å². The Kier molecular flexibility index (Phi) is 6.03. The van der Waals surface area contributed by atoms with Crippen molar-refractivity contribution in [3.8, 4) is 0 Å². The highest BCUT2D eigenvalue weighted by Gasteiger charge is 2.16. The van der Waals surface area contributed by atoms with Crippen molar-refractivity contribution in [1.29, 1.82) is 0 Å². The molecule has 1 heterocycles. The van der Waals surface area contributed by atoms with Gasteiger partial charge in [0.2, 0.25) is 0 Å². The van der Waals surface area contributed by atoms with Gasteiger partial charge in [-0.2, -0.15) is 0 Å². The number of hydrogen-bond donors (Lipinski definition) is 1. The van der Waals surface area contributed by atoms with E-state index in [-0.39, 0.29) is 23.2 Å². The number of carbonyl (C=O) groups excluding carboxylic acids is 2. The Morgan fingerprint density at radius 1 is 0.958 bits per heavy atom. The predicted octanol–water partition coefficient (Wildman–Crippen LogP) is 1.65. The topological polar surface area (TPSA) is 65.5 Å². The van der Waals surface area contributed by atoms with E-state index in [2.05, 4.69) is 10.3 Å². The summed E-state index contributed by atoms with van der Waals surface area (Å²) in [6.07, 6.45) is 0. The van der Waals surface area contributed by atoms with Gasteiger partial charge in [0.25, 0.3) is 11.8 Å². The number of hydrogen-bond acceptors (Lipinski definition) is 4. The molecular weight excluding hydrogens is 304 g/mol. The van der Waals surface area contributed by atoms with Crippen molar-refractivity contribution in [2.75, 3.05) is 39.1 Å². The molecule has 2 amide bonds. The number of rotatable bonds is 6. The Hall–Kier alpha value is -2.73. The van der Waals surface area contributed by atoms with Gasteiger partial charge in [-0.25, -0.2) is 4.98 Å². The highest BCUT2D eigenvalue weighted by Crippen LogP contribution is 2.14. The average molecular weight is 326 g/mol. The first-order chi connectivity index (χ1) is 11.5. The molecular formula is C18H22N4O2. The number of carbonyl (C=O) groups is 2. The van der Waals surface area contributed by atoms with E-state index in [9.17, 15) is 9.59 Å². The van der Waals surface area contributed by atoms with Crippen LogP contribution in [0.25, 0.3) is 0 Å². The zero-order valence-electron chi connectivity index (χ0n) is 14.2. The number of para-hydroxylation sites is 1. The van der Waals surface area contributed by atoms with Crippen LogP contribution in [0.15, 0.2) is 48.5 Å². The highest BCUT2D eigenvalue weighted by atomic mass is 16.2. The number of amides is 2. The maximum Gasteiger partial charge on any atom is 0.276 e. The van der Waals surface area contributed by atoms with E-state index in [1.807, 2.05) is 49.3 Å². The molecule has 0 saturated heterocycles. The zero-order valence-corrected chi connectivity index (χ0v) is 14.2. The molecule has 2 rings (SSSR count). The third-order valence-electron chi connectivity index (χ3n) is 3.49. The minimum Gasteiger partial charge on any atom is -0.349 e. The van der Waals surface area contributed by atoms with Crippen molar-refractivity contribution in [2.24, 2.45) is 0 Å². The third-order valence-corrected chi connectivity index (χ3v) is 3.49. The van der Waals surface area contributed by atoms with Crippen LogP contribution in [0.1, 0.15) is 21.0 Å². The summed E-state index contributed by atoms with van der Waals surface area (Å²) in [5, 5.41) is 2.79. The van der Waals surface area contributed by atoms with Crippen LogP contribution < -0.4 is 10.2 Å². The molecule has 0 aliphatic carbocycles. The van der Waals surface area contributed by atoms with Crippen LogP contribution in [0, 0.1) is 0 Å². The molecule has 0 spiro atoms. The van der Waals surface area contributed by atoms with Gasteiger partial charge in [-0.15, -0.1) is 0 Å². The lowest BCUT2D eigenvalue weighted by molar-refractivity contribution is 0.0945. The minimum atomic E-state index is -0.283. The SMILES string of the molecule is CN(C)CCNC(=O)c1cccc(C(=O)N(C)c2ccccc2)n1. The molecule has 0 saturated carbocycles. The monoisotopic (exact) mass is 326 g/mol. The molecule has 24 heavy (non-hydrogen) atoms.